The summed E-state index contributed by atoms with van der Waals surface area (Å²) in [6, 6.07) is -0.475. The number of carbonyl (C=O) groups excluding carboxylic acids is 2. The smallest absolute Gasteiger partial charge is 0.328 e. The highest BCUT2D eigenvalue weighted by Crippen LogP contribution is 2.02. The molecule has 0 saturated carbocycles. The van der Waals surface area contributed by atoms with Gasteiger partial charge in [0.1, 0.15) is 0 Å². The largest absolute Gasteiger partial charge is 0.336 e. The van der Waals surface area contributed by atoms with E-state index in [-0.39, 0.29) is 12.1 Å². The second-order valence-corrected chi connectivity index (χ2v) is 2.84. The van der Waals surface area contributed by atoms with Gasteiger partial charge in [-0.15, -0.1) is 0 Å². The first kappa shape index (κ1) is 9.83. The summed E-state index contributed by atoms with van der Waals surface area (Å²) in [4.78, 5) is 25.6. The van der Waals surface area contributed by atoms with Gasteiger partial charge in [-0.25, -0.2) is 14.5 Å². The van der Waals surface area contributed by atoms with Gasteiger partial charge in [0.15, 0.2) is 0 Å². The van der Waals surface area contributed by atoms with E-state index in [1.807, 2.05) is 13.8 Å². The van der Waals surface area contributed by atoms with Gasteiger partial charge < -0.3 is 10.2 Å². The van der Waals surface area contributed by atoms with Crippen molar-refractivity contribution in [2.75, 3.05) is 26.2 Å². The zero-order valence-electron chi connectivity index (χ0n) is 8.04. The molecule has 0 aromatic rings. The van der Waals surface area contributed by atoms with Crippen LogP contribution in [0.5, 0.6) is 0 Å². The van der Waals surface area contributed by atoms with Gasteiger partial charge in [0.05, 0.1) is 0 Å². The molecule has 1 N–H and O–H groups in total. The number of rotatable bonds is 2. The third-order valence-electron chi connectivity index (χ3n) is 2.12. The molecule has 5 nitrogen and oxygen atoms in total. The number of imide groups is 1. The summed E-state index contributed by atoms with van der Waals surface area (Å²) < 4.78 is 0. The minimum absolute atomic E-state index is 0.194. The molecular weight excluding hydrogens is 170 g/mol. The predicted octanol–water partition coefficient (Wildman–Crippen LogP) is 0.473. The first-order chi connectivity index (χ1) is 6.20. The van der Waals surface area contributed by atoms with E-state index in [0.717, 1.165) is 0 Å². The number of nitrogens with one attached hydrogen (secondary N) is 1. The Morgan fingerprint density at radius 3 is 2.54 bits per heavy atom. The second-order valence-electron chi connectivity index (χ2n) is 2.84. The van der Waals surface area contributed by atoms with Crippen molar-refractivity contribution >= 4 is 12.1 Å². The fraction of sp³-hybridized carbons (Fsp3) is 0.750. The van der Waals surface area contributed by atoms with Gasteiger partial charge in [0, 0.05) is 26.2 Å². The summed E-state index contributed by atoms with van der Waals surface area (Å²) in [6.45, 7) is 6.11. The number of nitrogens with zero attached hydrogens (tertiary/aromatic N) is 2. The minimum Gasteiger partial charge on any atom is -0.336 e. The average molecular weight is 185 g/mol. The Bertz CT molecular complexity index is 213. The van der Waals surface area contributed by atoms with Crippen molar-refractivity contribution in [3.8, 4) is 0 Å². The van der Waals surface area contributed by atoms with E-state index < -0.39 is 0 Å². The maximum Gasteiger partial charge on any atom is 0.328 e. The van der Waals surface area contributed by atoms with Crippen LogP contribution in [0.2, 0.25) is 0 Å². The molecule has 5 heteroatoms. The summed E-state index contributed by atoms with van der Waals surface area (Å²) in [7, 11) is 0. The maximum atomic E-state index is 11.6. The molecule has 1 rings (SSSR count). The molecule has 1 aliphatic rings. The lowest BCUT2D eigenvalue weighted by molar-refractivity contribution is 0.168. The van der Waals surface area contributed by atoms with Crippen LogP contribution in [-0.2, 0) is 0 Å². The summed E-state index contributed by atoms with van der Waals surface area (Å²) >= 11 is 0. The highest BCUT2D eigenvalue weighted by Gasteiger charge is 2.28. The molecule has 0 unspecified atom stereocenters. The van der Waals surface area contributed by atoms with Crippen LogP contribution in [-0.4, -0.2) is 48.0 Å². The third-order valence-corrected chi connectivity index (χ3v) is 2.12. The minimum atomic E-state index is -0.281. The normalized spacial score (nSPS) is 15.8. The Hall–Kier alpha value is -1.26. The van der Waals surface area contributed by atoms with E-state index in [1.165, 1.54) is 4.90 Å². The lowest BCUT2D eigenvalue weighted by Gasteiger charge is -2.23. The summed E-state index contributed by atoms with van der Waals surface area (Å²) in [5.74, 6) is 0. The van der Waals surface area contributed by atoms with E-state index in [9.17, 15) is 9.59 Å². The standard InChI is InChI=1S/C8H15N3O2/c1-3-10(4-2)8(13)11-6-5-9-7(11)12/h3-6H2,1-2H3,(H,9,12). The molecule has 0 spiro atoms. The molecule has 0 aliphatic carbocycles. The molecule has 13 heavy (non-hydrogen) atoms. The van der Waals surface area contributed by atoms with Crippen LogP contribution in [0.15, 0.2) is 0 Å². The molecular formula is C8H15N3O2. The Labute approximate surface area is 77.7 Å². The van der Waals surface area contributed by atoms with E-state index in [1.54, 1.807) is 4.90 Å². The Kier molecular flexibility index (Phi) is 3.11. The van der Waals surface area contributed by atoms with Gasteiger partial charge in [-0.2, -0.15) is 0 Å². The molecule has 1 heterocycles. The fourth-order valence-corrected chi connectivity index (χ4v) is 1.32. The molecule has 74 valence electrons. The van der Waals surface area contributed by atoms with Crippen LogP contribution in [0.3, 0.4) is 0 Å². The van der Waals surface area contributed by atoms with Gasteiger partial charge in [0.2, 0.25) is 0 Å². The van der Waals surface area contributed by atoms with E-state index in [0.29, 0.717) is 26.2 Å². The van der Waals surface area contributed by atoms with Gasteiger partial charge in [-0.1, -0.05) is 0 Å². The van der Waals surface area contributed by atoms with Crippen LogP contribution in [0, 0.1) is 0 Å². The Morgan fingerprint density at radius 2 is 2.15 bits per heavy atom. The predicted molar refractivity (Wildman–Crippen MR) is 48.4 cm³/mol. The molecule has 4 amide bonds. The second kappa shape index (κ2) is 4.11. The van der Waals surface area contributed by atoms with E-state index >= 15 is 0 Å². The number of hydrogen-bond donors (Lipinski definition) is 1. The first-order valence-corrected chi connectivity index (χ1v) is 4.55. The maximum absolute atomic E-state index is 11.6. The van der Waals surface area contributed by atoms with Crippen molar-refractivity contribution in [3.05, 3.63) is 0 Å². The van der Waals surface area contributed by atoms with Gasteiger partial charge in [-0.05, 0) is 13.8 Å². The van der Waals surface area contributed by atoms with Crippen molar-refractivity contribution in [2.24, 2.45) is 0 Å². The molecule has 0 radical (unpaired) electrons. The molecule has 1 saturated heterocycles. The number of hydrogen-bond acceptors (Lipinski definition) is 2. The molecule has 1 fully saturated rings. The zero-order valence-corrected chi connectivity index (χ0v) is 8.04. The summed E-state index contributed by atoms with van der Waals surface area (Å²) in [6.07, 6.45) is 0. The summed E-state index contributed by atoms with van der Waals surface area (Å²) in [5.41, 5.74) is 0. The molecule has 0 atom stereocenters. The molecule has 1 aliphatic heterocycles. The van der Waals surface area contributed by atoms with E-state index in [4.69, 9.17) is 0 Å². The monoisotopic (exact) mass is 185 g/mol. The van der Waals surface area contributed by atoms with E-state index in [2.05, 4.69) is 5.32 Å². The van der Waals surface area contributed by atoms with Crippen molar-refractivity contribution in [3.63, 3.8) is 0 Å². The highest BCUT2D eigenvalue weighted by atomic mass is 16.2. The number of amides is 4. The molecule has 0 aromatic heterocycles. The summed E-state index contributed by atoms with van der Waals surface area (Å²) in [5, 5.41) is 2.59. The number of carbonyl (C=O) groups is 2. The fourth-order valence-electron chi connectivity index (χ4n) is 1.32. The van der Waals surface area contributed by atoms with Crippen LogP contribution >= 0.6 is 0 Å². The lowest BCUT2D eigenvalue weighted by atomic mass is 10.5. The topological polar surface area (TPSA) is 52.7 Å². The van der Waals surface area contributed by atoms with Crippen LogP contribution in [0.4, 0.5) is 9.59 Å². The SMILES string of the molecule is CCN(CC)C(=O)N1CCNC1=O. The molecule has 0 bridgehead atoms. The number of urea groups is 2. The van der Waals surface area contributed by atoms with Gasteiger partial charge in [0.25, 0.3) is 0 Å². The van der Waals surface area contributed by atoms with Crippen molar-refractivity contribution in [1.29, 1.82) is 0 Å². The van der Waals surface area contributed by atoms with Crippen LogP contribution in [0.1, 0.15) is 13.8 Å². The molecule has 0 aromatic carbocycles. The van der Waals surface area contributed by atoms with Crippen molar-refractivity contribution in [1.82, 2.24) is 15.1 Å². The van der Waals surface area contributed by atoms with Crippen LogP contribution in [0.25, 0.3) is 0 Å². The highest BCUT2D eigenvalue weighted by molar-refractivity contribution is 5.94. The van der Waals surface area contributed by atoms with Gasteiger partial charge >= 0.3 is 12.1 Å². The lowest BCUT2D eigenvalue weighted by Crippen LogP contribution is -2.44. The Balaban J connectivity index is 2.60. The van der Waals surface area contributed by atoms with Crippen molar-refractivity contribution < 1.29 is 9.59 Å². The average Bonchev–Trinajstić information content (AvgIpc) is 2.53. The zero-order chi connectivity index (χ0) is 9.84. The van der Waals surface area contributed by atoms with Gasteiger partial charge in [-0.3, -0.25) is 0 Å². The quantitative estimate of drug-likeness (QED) is 0.680. The van der Waals surface area contributed by atoms with Crippen molar-refractivity contribution in [2.45, 2.75) is 13.8 Å². The van der Waals surface area contributed by atoms with Crippen LogP contribution < -0.4 is 5.32 Å². The Morgan fingerprint density at radius 1 is 1.54 bits per heavy atom. The first-order valence-electron chi connectivity index (χ1n) is 4.55. The third kappa shape index (κ3) is 1.91.